The average Bonchev–Trinajstić information content (AvgIpc) is 3.03. The third-order valence-corrected chi connectivity index (χ3v) is 7.05. The summed E-state index contributed by atoms with van der Waals surface area (Å²) in [5, 5.41) is 0.727. The molecule has 0 aliphatic rings. The lowest BCUT2D eigenvalue weighted by molar-refractivity contribution is 0.410. The number of rotatable bonds is 8. The molecule has 0 spiro atoms. The van der Waals surface area contributed by atoms with Crippen LogP contribution >= 0.6 is 0 Å². The first-order valence-corrected chi connectivity index (χ1v) is 13.6. The molecular weight excluding hydrogens is 545 g/mol. The Balaban J connectivity index is 1.38. The number of aryl methyl sites for hydroxylation is 1. The van der Waals surface area contributed by atoms with E-state index in [0.717, 1.165) is 33.4 Å². The molecule has 0 saturated heterocycles. The van der Waals surface area contributed by atoms with Crippen molar-refractivity contribution in [2.45, 2.75) is 13.3 Å². The predicted molar refractivity (Wildman–Crippen MR) is 163 cm³/mol. The van der Waals surface area contributed by atoms with Crippen LogP contribution in [-0.2, 0) is 6.42 Å². The van der Waals surface area contributed by atoms with Gasteiger partial charge in [-0.1, -0.05) is 60.7 Å². The molecule has 8 heteroatoms. The van der Waals surface area contributed by atoms with Crippen molar-refractivity contribution in [3.8, 4) is 17.4 Å². The zero-order chi connectivity index (χ0) is 29.8. The van der Waals surface area contributed by atoms with Gasteiger partial charge in [-0.05, 0) is 42.8 Å². The summed E-state index contributed by atoms with van der Waals surface area (Å²) in [6.07, 6.45) is 3.33. The summed E-state index contributed by atoms with van der Waals surface area (Å²) >= 11 is 0. The van der Waals surface area contributed by atoms with Crippen molar-refractivity contribution in [1.29, 1.82) is 0 Å². The molecule has 0 aliphatic carbocycles. The Labute approximate surface area is 246 Å². The highest BCUT2D eigenvalue weighted by Gasteiger charge is 2.18. The lowest BCUT2D eigenvalue weighted by atomic mass is 9.99. The lowest BCUT2D eigenvalue weighted by Crippen LogP contribution is -2.12. The molecule has 0 saturated carbocycles. The van der Waals surface area contributed by atoms with E-state index in [2.05, 4.69) is 9.97 Å². The van der Waals surface area contributed by atoms with Crippen molar-refractivity contribution in [2.24, 2.45) is 4.99 Å². The number of hydrogen-bond acceptors (Lipinski definition) is 7. The van der Waals surface area contributed by atoms with E-state index >= 15 is 0 Å². The lowest BCUT2D eigenvalue weighted by Gasteiger charge is -2.14. The first-order valence-electron chi connectivity index (χ1n) is 13.6. The number of fused-ring (bicyclic) bond motifs is 1. The smallest absolute Gasteiger partial charge is 0.340 e. The van der Waals surface area contributed by atoms with Gasteiger partial charge in [0.25, 0.3) is 5.88 Å². The number of aromatic nitrogens is 2. The standard InChI is InChI=1S/C35H26FN3O4/c1-22-27-16-15-26(42-34-29(36)14-9-18-38-34)21-30(27)43-35(40)28(22)20-25-17-19-37-33(32(25)41-2)39-31(23-10-5-3-6-11-23)24-12-7-4-8-13-24/h3-19,21H,20H2,1-2H3. The number of hydrogen-bond donors (Lipinski definition) is 0. The van der Waals surface area contributed by atoms with Gasteiger partial charge in [0, 0.05) is 52.5 Å². The monoisotopic (exact) mass is 571 g/mol. The fraction of sp³-hybridized carbons (Fsp3) is 0.0857. The Kier molecular flexibility index (Phi) is 7.74. The molecular formula is C35H26FN3O4. The Hall–Kier alpha value is -5.63. The van der Waals surface area contributed by atoms with Crippen molar-refractivity contribution >= 4 is 22.5 Å². The highest BCUT2D eigenvalue weighted by molar-refractivity contribution is 6.14. The topological polar surface area (TPSA) is 86.8 Å². The van der Waals surface area contributed by atoms with Gasteiger partial charge in [0.15, 0.2) is 17.4 Å². The maximum absolute atomic E-state index is 14.0. The van der Waals surface area contributed by atoms with Crippen molar-refractivity contribution in [3.63, 3.8) is 0 Å². The summed E-state index contributed by atoms with van der Waals surface area (Å²) < 4.78 is 31.1. The zero-order valence-electron chi connectivity index (χ0n) is 23.5. The van der Waals surface area contributed by atoms with Gasteiger partial charge in [0.2, 0.25) is 0 Å². The first-order chi connectivity index (χ1) is 21.0. The number of ether oxygens (including phenoxy) is 2. The molecule has 0 atom stereocenters. The molecule has 0 radical (unpaired) electrons. The van der Waals surface area contributed by atoms with Crippen LogP contribution in [0.2, 0.25) is 0 Å². The van der Waals surface area contributed by atoms with Gasteiger partial charge in [-0.15, -0.1) is 0 Å². The molecule has 0 bridgehead atoms. The minimum absolute atomic E-state index is 0.163. The Morgan fingerprint density at radius 2 is 1.60 bits per heavy atom. The van der Waals surface area contributed by atoms with Crippen LogP contribution in [0.15, 0.2) is 124 Å². The molecule has 0 fully saturated rings. The second-order valence-electron chi connectivity index (χ2n) is 9.74. The van der Waals surface area contributed by atoms with Crippen LogP contribution in [-0.4, -0.2) is 22.8 Å². The van der Waals surface area contributed by atoms with Crippen LogP contribution in [0.5, 0.6) is 17.4 Å². The molecule has 7 nitrogen and oxygen atoms in total. The van der Waals surface area contributed by atoms with E-state index in [4.69, 9.17) is 18.9 Å². The van der Waals surface area contributed by atoms with Crippen LogP contribution in [0.1, 0.15) is 27.8 Å². The van der Waals surface area contributed by atoms with Gasteiger partial charge in [0.05, 0.1) is 12.8 Å². The quantitative estimate of drug-likeness (QED) is 0.138. The fourth-order valence-corrected chi connectivity index (χ4v) is 4.90. The number of pyridine rings is 2. The number of methoxy groups -OCH3 is 1. The Bertz CT molecular complexity index is 1970. The third-order valence-electron chi connectivity index (χ3n) is 7.05. The SMILES string of the molecule is COc1c(Cc2c(C)c3ccc(Oc4ncccc4F)cc3oc2=O)ccnc1N=C(c1ccccc1)c1ccccc1. The number of benzene rings is 3. The van der Waals surface area contributed by atoms with E-state index in [1.54, 1.807) is 31.5 Å². The van der Waals surface area contributed by atoms with Gasteiger partial charge < -0.3 is 13.9 Å². The minimum atomic E-state index is -0.592. The molecule has 0 aliphatic heterocycles. The van der Waals surface area contributed by atoms with Crippen LogP contribution in [0.4, 0.5) is 10.2 Å². The van der Waals surface area contributed by atoms with Crippen molar-refractivity contribution in [1.82, 2.24) is 9.97 Å². The van der Waals surface area contributed by atoms with Crippen LogP contribution in [0.25, 0.3) is 11.0 Å². The van der Waals surface area contributed by atoms with E-state index in [0.29, 0.717) is 28.5 Å². The summed E-state index contributed by atoms with van der Waals surface area (Å²) in [6, 6.07) is 29.3. The largest absolute Gasteiger partial charge is 0.492 e. The van der Waals surface area contributed by atoms with Crippen LogP contribution in [0, 0.1) is 12.7 Å². The molecule has 3 aromatic heterocycles. The second kappa shape index (κ2) is 12.1. The zero-order valence-corrected chi connectivity index (χ0v) is 23.5. The molecule has 6 aromatic rings. The van der Waals surface area contributed by atoms with Gasteiger partial charge >= 0.3 is 5.63 Å². The molecule has 212 valence electrons. The van der Waals surface area contributed by atoms with Gasteiger partial charge in [-0.2, -0.15) is 0 Å². The fourth-order valence-electron chi connectivity index (χ4n) is 4.90. The summed E-state index contributed by atoms with van der Waals surface area (Å²) in [4.78, 5) is 26.6. The highest BCUT2D eigenvalue weighted by atomic mass is 19.1. The minimum Gasteiger partial charge on any atom is -0.492 e. The van der Waals surface area contributed by atoms with E-state index < -0.39 is 11.4 Å². The van der Waals surface area contributed by atoms with E-state index in [-0.39, 0.29) is 12.3 Å². The third kappa shape index (κ3) is 5.76. The van der Waals surface area contributed by atoms with Gasteiger partial charge in [-0.25, -0.2) is 24.1 Å². The van der Waals surface area contributed by atoms with Crippen molar-refractivity contribution in [2.75, 3.05) is 7.11 Å². The second-order valence-corrected chi connectivity index (χ2v) is 9.74. The Morgan fingerprint density at radius 3 is 2.28 bits per heavy atom. The van der Waals surface area contributed by atoms with Gasteiger partial charge in [0.1, 0.15) is 11.3 Å². The summed E-state index contributed by atoms with van der Waals surface area (Å²) in [6.45, 7) is 1.86. The van der Waals surface area contributed by atoms with E-state index in [1.165, 1.54) is 18.3 Å². The molecule has 0 N–H and O–H groups in total. The van der Waals surface area contributed by atoms with E-state index in [1.807, 2.05) is 73.7 Å². The van der Waals surface area contributed by atoms with E-state index in [9.17, 15) is 9.18 Å². The molecule has 3 aromatic carbocycles. The summed E-state index contributed by atoms with van der Waals surface area (Å²) in [7, 11) is 1.56. The van der Waals surface area contributed by atoms with Crippen LogP contribution < -0.4 is 15.1 Å². The summed E-state index contributed by atoms with van der Waals surface area (Å²) in [5.41, 5.74) is 4.40. The van der Waals surface area contributed by atoms with Crippen molar-refractivity contribution < 1.29 is 18.3 Å². The molecule has 3 heterocycles. The normalized spacial score (nSPS) is 10.9. The van der Waals surface area contributed by atoms with Crippen LogP contribution in [0.3, 0.4) is 0 Å². The number of nitrogens with zero attached hydrogens (tertiary/aromatic N) is 3. The first kappa shape index (κ1) is 27.5. The maximum Gasteiger partial charge on any atom is 0.340 e. The summed E-state index contributed by atoms with van der Waals surface area (Å²) in [5.74, 6) is 0.404. The average molecular weight is 572 g/mol. The molecule has 6 rings (SSSR count). The molecule has 0 unspecified atom stereocenters. The Morgan fingerprint density at radius 1 is 0.884 bits per heavy atom. The number of aliphatic imine (C=N–C) groups is 1. The predicted octanol–water partition coefficient (Wildman–Crippen LogP) is 7.59. The molecule has 0 amide bonds. The highest BCUT2D eigenvalue weighted by Crippen LogP contribution is 2.33. The van der Waals surface area contributed by atoms with Crippen molar-refractivity contribution in [3.05, 3.63) is 154 Å². The van der Waals surface area contributed by atoms with Gasteiger partial charge in [-0.3, -0.25) is 0 Å². The maximum atomic E-state index is 14.0. The molecule has 43 heavy (non-hydrogen) atoms. The number of halogens is 1.